The van der Waals surface area contributed by atoms with Gasteiger partial charge in [-0.25, -0.2) is 4.98 Å². The van der Waals surface area contributed by atoms with Crippen molar-refractivity contribution in [3.8, 4) is 11.1 Å². The number of hydrogen-bond donors (Lipinski definition) is 1. The van der Waals surface area contributed by atoms with E-state index in [4.69, 9.17) is 15.5 Å². The summed E-state index contributed by atoms with van der Waals surface area (Å²) in [4.78, 5) is 9.71. The lowest BCUT2D eigenvalue weighted by Gasteiger charge is -2.37. The largest absolute Gasteiger partial charge is 0.383 e. The number of fused-ring (bicyclic) bond motifs is 2. The predicted octanol–water partition coefficient (Wildman–Crippen LogP) is 7.16. The molecule has 180 valence electrons. The van der Waals surface area contributed by atoms with Crippen molar-refractivity contribution < 1.29 is 4.74 Å². The van der Waals surface area contributed by atoms with Gasteiger partial charge < -0.3 is 10.5 Å². The minimum atomic E-state index is -0.0346. The molecule has 34 heavy (non-hydrogen) atoms. The van der Waals surface area contributed by atoms with E-state index in [0.29, 0.717) is 11.7 Å². The molecule has 1 saturated carbocycles. The zero-order chi connectivity index (χ0) is 24.3. The Balaban J connectivity index is 0.00000133. The summed E-state index contributed by atoms with van der Waals surface area (Å²) in [6.07, 6.45) is 8.88. The number of anilines is 1. The van der Waals surface area contributed by atoms with Crippen molar-refractivity contribution in [2.75, 3.05) is 12.3 Å². The second kappa shape index (κ2) is 10.4. The molecule has 1 aliphatic carbocycles. The highest BCUT2D eigenvalue weighted by atomic mass is 79.9. The van der Waals surface area contributed by atoms with Crippen molar-refractivity contribution >= 4 is 38.3 Å². The summed E-state index contributed by atoms with van der Waals surface area (Å²) in [5.74, 6) is 0.924. The molecule has 0 aliphatic heterocycles. The predicted molar refractivity (Wildman–Crippen MR) is 143 cm³/mol. The smallest absolute Gasteiger partial charge is 0.165 e. The van der Waals surface area contributed by atoms with E-state index in [0.717, 1.165) is 76.6 Å². The number of para-hydroxylation sites is 1. The molecule has 0 saturated heterocycles. The van der Waals surface area contributed by atoms with Crippen molar-refractivity contribution in [2.45, 2.75) is 71.3 Å². The standard InChI is InChI=1S/C25H28BrN5O.C2H6/c1-3-12-32-25(2)10-8-16(9-11-25)22-21(26)23(27)31-24(30-22)19(15-29-31)18-13-17-6-4-5-7-20(17)28-14-18;1-2/h4-7,13-16H,3,8-12,27H2,1-2H3;1-2H3. The van der Waals surface area contributed by atoms with Crippen LogP contribution < -0.4 is 5.73 Å². The molecule has 0 atom stereocenters. The SMILES string of the molecule is CC.CCCOC1(C)CCC(c2nc3c(-c4cnc5ccccc5c4)cnn3c(N)c2Br)CC1. The van der Waals surface area contributed by atoms with Gasteiger partial charge in [0.2, 0.25) is 0 Å². The Kier molecular flexibility index (Phi) is 7.53. The second-order valence-corrected chi connectivity index (χ2v) is 9.77. The van der Waals surface area contributed by atoms with E-state index in [1.807, 2.05) is 44.4 Å². The Morgan fingerprint density at radius 3 is 2.65 bits per heavy atom. The molecule has 2 N–H and O–H groups in total. The number of nitrogen functional groups attached to an aromatic ring is 1. The summed E-state index contributed by atoms with van der Waals surface area (Å²) in [7, 11) is 0. The summed E-state index contributed by atoms with van der Waals surface area (Å²) in [5, 5.41) is 5.62. The van der Waals surface area contributed by atoms with E-state index in [1.165, 1.54) is 0 Å². The molecule has 0 spiro atoms. The Bertz CT molecular complexity index is 1280. The van der Waals surface area contributed by atoms with E-state index in [9.17, 15) is 0 Å². The maximum absolute atomic E-state index is 6.50. The van der Waals surface area contributed by atoms with Crippen molar-refractivity contribution in [1.82, 2.24) is 19.6 Å². The van der Waals surface area contributed by atoms with E-state index < -0.39 is 0 Å². The molecule has 5 rings (SSSR count). The second-order valence-electron chi connectivity index (χ2n) is 8.98. The molecular formula is C27H34BrN5O. The highest BCUT2D eigenvalue weighted by molar-refractivity contribution is 9.10. The number of hydrogen-bond acceptors (Lipinski definition) is 5. The average Bonchev–Trinajstić information content (AvgIpc) is 3.31. The van der Waals surface area contributed by atoms with Crippen LogP contribution in [-0.2, 0) is 4.74 Å². The lowest BCUT2D eigenvalue weighted by molar-refractivity contribution is -0.0591. The van der Waals surface area contributed by atoms with Gasteiger partial charge in [-0.2, -0.15) is 9.61 Å². The lowest BCUT2D eigenvalue weighted by Crippen LogP contribution is -2.34. The molecule has 1 aromatic carbocycles. The zero-order valence-corrected chi connectivity index (χ0v) is 22.1. The van der Waals surface area contributed by atoms with E-state index >= 15 is 0 Å². The van der Waals surface area contributed by atoms with Gasteiger partial charge >= 0.3 is 0 Å². The van der Waals surface area contributed by atoms with Crippen LogP contribution in [0.2, 0.25) is 0 Å². The quantitative estimate of drug-likeness (QED) is 0.300. The normalized spacial score (nSPS) is 20.3. The van der Waals surface area contributed by atoms with Gasteiger partial charge in [0.15, 0.2) is 5.65 Å². The third-order valence-electron chi connectivity index (χ3n) is 6.63. The summed E-state index contributed by atoms with van der Waals surface area (Å²) >= 11 is 3.71. The number of aromatic nitrogens is 4. The van der Waals surface area contributed by atoms with E-state index in [1.54, 1.807) is 4.52 Å². The monoisotopic (exact) mass is 523 g/mol. The number of nitrogens with two attached hydrogens (primary N) is 1. The molecule has 3 aromatic heterocycles. The van der Waals surface area contributed by atoms with Crippen molar-refractivity contribution in [3.05, 3.63) is 52.9 Å². The van der Waals surface area contributed by atoms with Gasteiger partial charge in [-0.3, -0.25) is 4.98 Å². The average molecular weight is 525 g/mol. The molecule has 1 fully saturated rings. The summed E-state index contributed by atoms with van der Waals surface area (Å²) in [6.45, 7) is 9.21. The summed E-state index contributed by atoms with van der Waals surface area (Å²) in [5.41, 5.74) is 11.2. The molecule has 1 aliphatic rings. The molecule has 3 heterocycles. The lowest BCUT2D eigenvalue weighted by atomic mass is 9.78. The summed E-state index contributed by atoms with van der Waals surface area (Å²) in [6, 6.07) is 10.2. The molecule has 0 amide bonds. The van der Waals surface area contributed by atoms with Crippen molar-refractivity contribution in [3.63, 3.8) is 0 Å². The first kappa shape index (κ1) is 24.6. The minimum Gasteiger partial charge on any atom is -0.383 e. The van der Waals surface area contributed by atoms with Gasteiger partial charge in [0.05, 0.1) is 27.5 Å². The van der Waals surface area contributed by atoms with Gasteiger partial charge in [-0.05, 0) is 67.1 Å². The number of pyridine rings is 1. The Hall–Kier alpha value is -2.51. The first-order chi connectivity index (χ1) is 16.5. The number of benzene rings is 1. The van der Waals surface area contributed by atoms with Crippen LogP contribution in [-0.4, -0.2) is 31.8 Å². The fraction of sp³-hybridized carbons (Fsp3) is 0.444. The van der Waals surface area contributed by atoms with Gasteiger partial charge in [0.25, 0.3) is 0 Å². The Labute approximate surface area is 210 Å². The topological polar surface area (TPSA) is 78.3 Å². The molecule has 7 heteroatoms. The number of rotatable bonds is 5. The van der Waals surface area contributed by atoms with Crippen LogP contribution in [0.1, 0.15) is 71.4 Å². The van der Waals surface area contributed by atoms with Crippen molar-refractivity contribution in [2.24, 2.45) is 0 Å². The molecule has 6 nitrogen and oxygen atoms in total. The zero-order valence-electron chi connectivity index (χ0n) is 20.5. The third-order valence-corrected chi connectivity index (χ3v) is 7.45. The maximum Gasteiger partial charge on any atom is 0.165 e. The van der Waals surface area contributed by atoms with Crippen LogP contribution >= 0.6 is 15.9 Å². The molecule has 0 bridgehead atoms. The Morgan fingerprint density at radius 2 is 1.91 bits per heavy atom. The number of halogens is 1. The molecular weight excluding hydrogens is 490 g/mol. The van der Waals surface area contributed by atoms with Gasteiger partial charge in [-0.15, -0.1) is 0 Å². The molecule has 0 unspecified atom stereocenters. The van der Waals surface area contributed by atoms with E-state index in [2.05, 4.69) is 52.0 Å². The highest BCUT2D eigenvalue weighted by Gasteiger charge is 2.34. The number of nitrogens with zero attached hydrogens (tertiary/aromatic N) is 4. The fourth-order valence-electron chi connectivity index (χ4n) is 4.70. The minimum absolute atomic E-state index is 0.0346. The van der Waals surface area contributed by atoms with Crippen LogP contribution in [0.4, 0.5) is 5.82 Å². The van der Waals surface area contributed by atoms with Gasteiger partial charge in [0.1, 0.15) is 5.82 Å². The van der Waals surface area contributed by atoms with Crippen LogP contribution in [0, 0.1) is 0 Å². The first-order valence-corrected chi connectivity index (χ1v) is 13.1. The number of ether oxygens (including phenoxy) is 1. The van der Waals surface area contributed by atoms with Crippen LogP contribution in [0.3, 0.4) is 0 Å². The maximum atomic E-state index is 6.50. The van der Waals surface area contributed by atoms with Gasteiger partial charge in [-0.1, -0.05) is 39.0 Å². The highest BCUT2D eigenvalue weighted by Crippen LogP contribution is 2.43. The first-order valence-electron chi connectivity index (χ1n) is 12.3. The molecule has 0 radical (unpaired) electrons. The Morgan fingerprint density at radius 1 is 1.18 bits per heavy atom. The van der Waals surface area contributed by atoms with Crippen LogP contribution in [0.5, 0.6) is 0 Å². The fourth-order valence-corrected chi connectivity index (χ4v) is 5.28. The van der Waals surface area contributed by atoms with Crippen molar-refractivity contribution in [1.29, 1.82) is 0 Å². The molecule has 4 aromatic rings. The van der Waals surface area contributed by atoms with Gasteiger partial charge in [0, 0.05) is 35.2 Å². The third kappa shape index (κ3) is 4.68. The summed E-state index contributed by atoms with van der Waals surface area (Å²) < 4.78 is 8.71. The van der Waals surface area contributed by atoms with E-state index in [-0.39, 0.29) is 5.60 Å². The van der Waals surface area contributed by atoms with Crippen LogP contribution in [0.25, 0.3) is 27.7 Å². The van der Waals surface area contributed by atoms with Crippen LogP contribution in [0.15, 0.2) is 47.2 Å².